The molecule has 0 spiro atoms. The maximum atomic E-state index is 9.55. The average molecular weight is 218 g/mol. The summed E-state index contributed by atoms with van der Waals surface area (Å²) in [5.74, 6) is 0.499. The zero-order valence-electron chi connectivity index (χ0n) is 10.7. The molecule has 0 amide bonds. The molecule has 1 aromatic carbocycles. The standard InChI is InChI=1S/C15H22O/c1-12-7-9-14(10-8-12)13(2)6-5-11-15(3,4)16/h5,7-11,13,16H,6H2,1-4H3/b11-5+. The fourth-order valence-electron chi connectivity index (χ4n) is 1.59. The molecule has 0 aliphatic carbocycles. The van der Waals surface area contributed by atoms with E-state index in [1.165, 1.54) is 11.1 Å². The van der Waals surface area contributed by atoms with Crippen molar-refractivity contribution in [3.8, 4) is 0 Å². The number of hydrogen-bond donors (Lipinski definition) is 1. The summed E-state index contributed by atoms with van der Waals surface area (Å²) in [6.45, 7) is 7.89. The molecule has 0 saturated heterocycles. The maximum absolute atomic E-state index is 9.55. The van der Waals surface area contributed by atoms with Crippen molar-refractivity contribution in [2.45, 2.75) is 45.6 Å². The van der Waals surface area contributed by atoms with Crippen LogP contribution in [0, 0.1) is 6.92 Å². The highest BCUT2D eigenvalue weighted by Crippen LogP contribution is 2.20. The number of hydrogen-bond acceptors (Lipinski definition) is 1. The van der Waals surface area contributed by atoms with Gasteiger partial charge in [0.05, 0.1) is 5.60 Å². The van der Waals surface area contributed by atoms with Gasteiger partial charge in [-0.25, -0.2) is 0 Å². The summed E-state index contributed by atoms with van der Waals surface area (Å²) in [4.78, 5) is 0. The Morgan fingerprint density at radius 3 is 2.31 bits per heavy atom. The third kappa shape index (κ3) is 4.63. The van der Waals surface area contributed by atoms with E-state index in [0.717, 1.165) is 6.42 Å². The molecule has 1 aromatic rings. The van der Waals surface area contributed by atoms with E-state index >= 15 is 0 Å². The first-order valence-electron chi connectivity index (χ1n) is 5.85. The van der Waals surface area contributed by atoms with E-state index in [2.05, 4.69) is 44.2 Å². The molecule has 0 saturated carbocycles. The highest BCUT2D eigenvalue weighted by Gasteiger charge is 2.07. The van der Waals surface area contributed by atoms with Crippen molar-refractivity contribution < 1.29 is 5.11 Å². The molecule has 0 bridgehead atoms. The summed E-state index contributed by atoms with van der Waals surface area (Å²) in [5.41, 5.74) is 1.95. The van der Waals surface area contributed by atoms with E-state index in [1.54, 1.807) is 13.8 Å². The van der Waals surface area contributed by atoms with Crippen LogP contribution in [0.1, 0.15) is 44.2 Å². The van der Waals surface area contributed by atoms with Crippen molar-refractivity contribution in [1.82, 2.24) is 0 Å². The number of allylic oxidation sites excluding steroid dienone is 1. The Morgan fingerprint density at radius 2 is 1.81 bits per heavy atom. The molecule has 88 valence electrons. The van der Waals surface area contributed by atoms with E-state index in [1.807, 2.05) is 6.08 Å². The molecule has 1 rings (SSSR count). The van der Waals surface area contributed by atoms with E-state index in [9.17, 15) is 5.11 Å². The molecule has 0 aromatic heterocycles. The Kier molecular flexibility index (Phi) is 4.31. The van der Waals surface area contributed by atoms with Gasteiger partial charge < -0.3 is 5.11 Å². The van der Waals surface area contributed by atoms with Gasteiger partial charge >= 0.3 is 0 Å². The van der Waals surface area contributed by atoms with Crippen LogP contribution in [0.4, 0.5) is 0 Å². The number of aryl methyl sites for hydroxylation is 1. The van der Waals surface area contributed by atoms with Crippen molar-refractivity contribution in [1.29, 1.82) is 0 Å². The lowest BCUT2D eigenvalue weighted by Crippen LogP contribution is -2.13. The van der Waals surface area contributed by atoms with Crippen LogP contribution in [0.2, 0.25) is 0 Å². The van der Waals surface area contributed by atoms with Gasteiger partial charge in [-0.15, -0.1) is 0 Å². The maximum Gasteiger partial charge on any atom is 0.0771 e. The lowest BCUT2D eigenvalue weighted by Gasteiger charge is -2.12. The minimum absolute atomic E-state index is 0.499. The third-order valence-electron chi connectivity index (χ3n) is 2.66. The topological polar surface area (TPSA) is 20.2 Å². The van der Waals surface area contributed by atoms with Crippen molar-refractivity contribution in [2.24, 2.45) is 0 Å². The van der Waals surface area contributed by atoms with Gasteiger partial charge in [0.1, 0.15) is 0 Å². The highest BCUT2D eigenvalue weighted by atomic mass is 16.3. The van der Waals surface area contributed by atoms with Crippen LogP contribution >= 0.6 is 0 Å². The van der Waals surface area contributed by atoms with Crippen molar-refractivity contribution in [3.05, 3.63) is 47.5 Å². The monoisotopic (exact) mass is 218 g/mol. The molecular formula is C15H22O. The molecule has 1 N–H and O–H groups in total. The van der Waals surface area contributed by atoms with Gasteiger partial charge in [0.15, 0.2) is 0 Å². The van der Waals surface area contributed by atoms with Crippen LogP contribution in [0.5, 0.6) is 0 Å². The second-order valence-corrected chi connectivity index (χ2v) is 5.10. The first kappa shape index (κ1) is 13.0. The van der Waals surface area contributed by atoms with Gasteiger partial charge in [0.25, 0.3) is 0 Å². The molecular weight excluding hydrogens is 196 g/mol. The number of benzene rings is 1. The third-order valence-corrected chi connectivity index (χ3v) is 2.66. The summed E-state index contributed by atoms with van der Waals surface area (Å²) < 4.78 is 0. The molecule has 0 aliphatic heterocycles. The second-order valence-electron chi connectivity index (χ2n) is 5.10. The molecule has 1 unspecified atom stereocenters. The minimum Gasteiger partial charge on any atom is -0.386 e. The smallest absolute Gasteiger partial charge is 0.0771 e. The Bertz CT molecular complexity index is 341. The Labute approximate surface area is 98.8 Å². The van der Waals surface area contributed by atoms with Gasteiger partial charge in [-0.3, -0.25) is 0 Å². The quantitative estimate of drug-likeness (QED) is 0.762. The van der Waals surface area contributed by atoms with Crippen molar-refractivity contribution in [2.75, 3.05) is 0 Å². The van der Waals surface area contributed by atoms with E-state index < -0.39 is 5.60 Å². The first-order valence-corrected chi connectivity index (χ1v) is 5.85. The fourth-order valence-corrected chi connectivity index (χ4v) is 1.59. The van der Waals surface area contributed by atoms with Crippen molar-refractivity contribution >= 4 is 0 Å². The van der Waals surface area contributed by atoms with Crippen LogP contribution in [-0.2, 0) is 0 Å². The van der Waals surface area contributed by atoms with E-state index in [4.69, 9.17) is 0 Å². The number of aliphatic hydroxyl groups is 1. The minimum atomic E-state index is -0.701. The molecule has 0 radical (unpaired) electrons. The van der Waals surface area contributed by atoms with E-state index in [0.29, 0.717) is 5.92 Å². The fraction of sp³-hybridized carbons (Fsp3) is 0.467. The van der Waals surface area contributed by atoms with Gasteiger partial charge in [-0.1, -0.05) is 48.9 Å². The molecule has 16 heavy (non-hydrogen) atoms. The molecule has 1 heteroatoms. The second kappa shape index (κ2) is 5.31. The largest absolute Gasteiger partial charge is 0.386 e. The van der Waals surface area contributed by atoms with Crippen molar-refractivity contribution in [3.63, 3.8) is 0 Å². The average Bonchev–Trinajstić information content (AvgIpc) is 2.16. The Balaban J connectivity index is 2.56. The first-order chi connectivity index (χ1) is 7.38. The van der Waals surface area contributed by atoms with E-state index in [-0.39, 0.29) is 0 Å². The zero-order chi connectivity index (χ0) is 12.2. The molecule has 1 atom stereocenters. The molecule has 0 heterocycles. The van der Waals surface area contributed by atoms with Crippen LogP contribution in [0.25, 0.3) is 0 Å². The normalized spacial score (nSPS) is 14.3. The lowest BCUT2D eigenvalue weighted by atomic mass is 9.96. The lowest BCUT2D eigenvalue weighted by molar-refractivity contribution is 0.133. The molecule has 0 aliphatic rings. The van der Waals surface area contributed by atoms with Gasteiger partial charge in [0, 0.05) is 0 Å². The highest BCUT2D eigenvalue weighted by molar-refractivity contribution is 5.24. The van der Waals surface area contributed by atoms with Gasteiger partial charge in [0.2, 0.25) is 0 Å². The van der Waals surface area contributed by atoms with Crippen LogP contribution < -0.4 is 0 Å². The zero-order valence-corrected chi connectivity index (χ0v) is 10.7. The molecule has 0 fully saturated rings. The predicted octanol–water partition coefficient (Wildman–Crippen LogP) is 3.82. The summed E-state index contributed by atoms with van der Waals surface area (Å²) in [6.07, 6.45) is 4.88. The van der Waals surface area contributed by atoms with Crippen LogP contribution in [-0.4, -0.2) is 10.7 Å². The van der Waals surface area contributed by atoms with Crippen LogP contribution in [0.15, 0.2) is 36.4 Å². The SMILES string of the molecule is Cc1ccc(C(C)C/C=C/C(C)(C)O)cc1. The Hall–Kier alpha value is -1.08. The number of rotatable bonds is 4. The Morgan fingerprint density at radius 1 is 1.25 bits per heavy atom. The summed E-state index contributed by atoms with van der Waals surface area (Å²) in [7, 11) is 0. The summed E-state index contributed by atoms with van der Waals surface area (Å²) >= 11 is 0. The predicted molar refractivity (Wildman–Crippen MR) is 69.6 cm³/mol. The van der Waals surface area contributed by atoms with Crippen LogP contribution in [0.3, 0.4) is 0 Å². The molecule has 1 nitrogen and oxygen atoms in total. The summed E-state index contributed by atoms with van der Waals surface area (Å²) in [6, 6.07) is 8.65. The summed E-state index contributed by atoms with van der Waals surface area (Å²) in [5, 5.41) is 9.55. The van der Waals surface area contributed by atoms with Gasteiger partial charge in [-0.05, 0) is 38.7 Å². The van der Waals surface area contributed by atoms with Gasteiger partial charge in [-0.2, -0.15) is 0 Å².